The van der Waals surface area contributed by atoms with E-state index in [-0.39, 0.29) is 18.1 Å². The number of hydrogen-bond donors (Lipinski definition) is 1. The van der Waals surface area contributed by atoms with Crippen LogP contribution in [0.5, 0.6) is 0 Å². The van der Waals surface area contributed by atoms with Gasteiger partial charge in [-0.1, -0.05) is 12.2 Å². The van der Waals surface area contributed by atoms with Gasteiger partial charge in [-0.2, -0.15) is 10.4 Å². The van der Waals surface area contributed by atoms with Crippen LogP contribution in [0.2, 0.25) is 0 Å². The van der Waals surface area contributed by atoms with Gasteiger partial charge in [0.1, 0.15) is 29.6 Å². The number of carbonyl (C=O) groups excluding carboxylic acids is 1. The number of hydrogen-bond acceptors (Lipinski definition) is 7. The summed E-state index contributed by atoms with van der Waals surface area (Å²) in [7, 11) is 0. The number of aromatic nitrogens is 5. The fourth-order valence-electron chi connectivity index (χ4n) is 3.65. The molecule has 5 rings (SSSR count). The first kappa shape index (κ1) is 19.0. The topological polar surface area (TPSA) is 113 Å². The lowest BCUT2D eigenvalue weighted by atomic mass is 9.87. The second-order valence-corrected chi connectivity index (χ2v) is 7.58. The highest BCUT2D eigenvalue weighted by atomic mass is 19.3. The number of allylic oxidation sites excluding steroid dienone is 2. The third-order valence-corrected chi connectivity index (χ3v) is 5.55. The normalized spacial score (nSPS) is 18.2. The maximum absolute atomic E-state index is 14.5. The molecule has 0 saturated carbocycles. The molecule has 9 nitrogen and oxygen atoms in total. The molecule has 1 N–H and O–H groups in total. The highest BCUT2D eigenvalue weighted by molar-refractivity contribution is 5.91. The predicted octanol–water partition coefficient (Wildman–Crippen LogP) is 2.13. The van der Waals surface area contributed by atoms with Crippen LogP contribution < -0.4 is 10.2 Å². The predicted molar refractivity (Wildman–Crippen MR) is 106 cm³/mol. The number of nitriles is 1. The highest BCUT2D eigenvalue weighted by Gasteiger charge is 2.59. The minimum atomic E-state index is -2.86. The molecule has 2 aliphatic rings. The van der Waals surface area contributed by atoms with Gasteiger partial charge in [-0.3, -0.25) is 4.79 Å². The van der Waals surface area contributed by atoms with Gasteiger partial charge in [0.25, 0.3) is 5.92 Å². The van der Waals surface area contributed by atoms with Crippen molar-refractivity contribution in [1.82, 2.24) is 24.7 Å². The Hall–Kier alpha value is -3.94. The SMILES string of the molecule is N#Cc1ccc(NC(=O)Cn2ncc3ncc(N4CCC5(C=C5)C(F)(F)C4)nc32)cn1. The summed E-state index contributed by atoms with van der Waals surface area (Å²) in [5.74, 6) is -2.92. The standard InChI is InChI=1S/C20H16F2N8O/c21-20(22)12-29(6-5-19(20)3-4-19)16-10-25-15-9-26-30(18(15)28-16)11-17(31)27-14-2-1-13(7-23)24-8-14/h1-4,8-10H,5-6,11-12H2,(H,27,31). The molecular formula is C20H16F2N8O. The van der Waals surface area contributed by atoms with Crippen molar-refractivity contribution < 1.29 is 13.6 Å². The first-order valence-corrected chi connectivity index (χ1v) is 9.57. The molecule has 1 saturated heterocycles. The molecule has 31 heavy (non-hydrogen) atoms. The Bertz CT molecular complexity index is 1240. The summed E-state index contributed by atoms with van der Waals surface area (Å²) in [5.41, 5.74) is 0.386. The van der Waals surface area contributed by atoms with Gasteiger partial charge in [-0.15, -0.1) is 0 Å². The number of halogens is 2. The first-order chi connectivity index (χ1) is 14.9. The van der Waals surface area contributed by atoms with E-state index in [2.05, 4.69) is 25.4 Å². The number of pyridine rings is 1. The van der Waals surface area contributed by atoms with Crippen LogP contribution in [0.4, 0.5) is 20.3 Å². The van der Waals surface area contributed by atoms with Crippen molar-refractivity contribution in [1.29, 1.82) is 5.26 Å². The molecular weight excluding hydrogens is 406 g/mol. The van der Waals surface area contributed by atoms with Gasteiger partial charge >= 0.3 is 0 Å². The van der Waals surface area contributed by atoms with Gasteiger partial charge in [0, 0.05) is 6.54 Å². The number of nitrogens with one attached hydrogen (secondary N) is 1. The lowest BCUT2D eigenvalue weighted by Gasteiger charge is -2.39. The molecule has 0 unspecified atom stereocenters. The molecule has 0 aromatic carbocycles. The Morgan fingerprint density at radius 3 is 2.74 bits per heavy atom. The number of alkyl halides is 2. The number of anilines is 2. The summed E-state index contributed by atoms with van der Waals surface area (Å²) in [6.45, 7) is -0.158. The van der Waals surface area contributed by atoms with Gasteiger partial charge in [-0.25, -0.2) is 28.4 Å². The Morgan fingerprint density at radius 2 is 2.06 bits per heavy atom. The molecule has 1 aliphatic carbocycles. The van der Waals surface area contributed by atoms with E-state index in [1.165, 1.54) is 34.2 Å². The molecule has 0 radical (unpaired) electrons. The smallest absolute Gasteiger partial charge is 0.277 e. The van der Waals surface area contributed by atoms with Crippen molar-refractivity contribution in [2.24, 2.45) is 5.41 Å². The van der Waals surface area contributed by atoms with E-state index in [4.69, 9.17) is 5.26 Å². The van der Waals surface area contributed by atoms with E-state index in [9.17, 15) is 13.6 Å². The van der Waals surface area contributed by atoms with Crippen molar-refractivity contribution in [2.75, 3.05) is 23.3 Å². The zero-order valence-corrected chi connectivity index (χ0v) is 16.2. The van der Waals surface area contributed by atoms with E-state index in [1.807, 2.05) is 6.07 Å². The lowest BCUT2D eigenvalue weighted by Crippen LogP contribution is -2.50. The van der Waals surface area contributed by atoms with E-state index in [1.54, 1.807) is 18.2 Å². The number of piperidine rings is 1. The molecule has 11 heteroatoms. The molecule has 3 aromatic rings. The van der Waals surface area contributed by atoms with Crippen LogP contribution >= 0.6 is 0 Å². The summed E-state index contributed by atoms with van der Waals surface area (Å²) in [6, 6.07) is 4.96. The number of amides is 1. The van der Waals surface area contributed by atoms with Crippen molar-refractivity contribution in [3.8, 4) is 6.07 Å². The van der Waals surface area contributed by atoms with Crippen molar-refractivity contribution >= 4 is 28.6 Å². The van der Waals surface area contributed by atoms with Crippen LogP contribution in [0.15, 0.2) is 42.9 Å². The fourth-order valence-corrected chi connectivity index (χ4v) is 3.65. The maximum atomic E-state index is 14.5. The Balaban J connectivity index is 1.33. The summed E-state index contributed by atoms with van der Waals surface area (Å²) in [6.07, 6.45) is 7.75. The Morgan fingerprint density at radius 1 is 1.23 bits per heavy atom. The third kappa shape index (κ3) is 3.35. The highest BCUT2D eigenvalue weighted by Crippen LogP contribution is 2.54. The number of nitrogens with zero attached hydrogens (tertiary/aromatic N) is 7. The minimum Gasteiger partial charge on any atom is -0.349 e. The summed E-state index contributed by atoms with van der Waals surface area (Å²) in [5, 5.41) is 15.6. The van der Waals surface area contributed by atoms with E-state index < -0.39 is 17.9 Å². The van der Waals surface area contributed by atoms with Crippen LogP contribution in [0.1, 0.15) is 12.1 Å². The second-order valence-electron chi connectivity index (χ2n) is 7.58. The Labute approximate surface area is 175 Å². The fraction of sp³-hybridized carbons (Fsp3) is 0.300. The Kier molecular flexibility index (Phi) is 4.18. The molecule has 1 aliphatic heterocycles. The minimum absolute atomic E-state index is 0.148. The molecule has 0 atom stereocenters. The van der Waals surface area contributed by atoms with Gasteiger partial charge in [0.2, 0.25) is 5.91 Å². The molecule has 0 bridgehead atoms. The van der Waals surface area contributed by atoms with Gasteiger partial charge in [0.15, 0.2) is 5.65 Å². The van der Waals surface area contributed by atoms with Crippen LogP contribution in [0.25, 0.3) is 11.2 Å². The van der Waals surface area contributed by atoms with E-state index in [0.717, 1.165) is 0 Å². The van der Waals surface area contributed by atoms with Gasteiger partial charge in [-0.05, 0) is 18.6 Å². The first-order valence-electron chi connectivity index (χ1n) is 9.57. The van der Waals surface area contributed by atoms with Gasteiger partial charge in [0.05, 0.1) is 36.2 Å². The molecule has 4 heterocycles. The molecule has 1 amide bonds. The van der Waals surface area contributed by atoms with Crippen LogP contribution in [0, 0.1) is 16.7 Å². The van der Waals surface area contributed by atoms with Crippen molar-refractivity contribution in [2.45, 2.75) is 18.9 Å². The number of rotatable bonds is 4. The second kappa shape index (κ2) is 6.80. The quantitative estimate of drug-likeness (QED) is 0.641. The zero-order chi connectivity index (χ0) is 21.6. The summed E-state index contributed by atoms with van der Waals surface area (Å²) < 4.78 is 30.4. The molecule has 1 fully saturated rings. The summed E-state index contributed by atoms with van der Waals surface area (Å²) >= 11 is 0. The van der Waals surface area contributed by atoms with Crippen molar-refractivity contribution in [3.63, 3.8) is 0 Å². The van der Waals surface area contributed by atoms with Crippen LogP contribution in [-0.4, -0.2) is 49.7 Å². The monoisotopic (exact) mass is 422 g/mol. The zero-order valence-electron chi connectivity index (χ0n) is 16.2. The number of carbonyl (C=O) groups is 1. The summed E-state index contributed by atoms with van der Waals surface area (Å²) in [4.78, 5) is 26.5. The van der Waals surface area contributed by atoms with Crippen LogP contribution in [-0.2, 0) is 11.3 Å². The third-order valence-electron chi connectivity index (χ3n) is 5.55. The van der Waals surface area contributed by atoms with E-state index >= 15 is 0 Å². The number of fused-ring (bicyclic) bond motifs is 1. The molecule has 3 aromatic heterocycles. The van der Waals surface area contributed by atoms with Crippen LogP contribution in [0.3, 0.4) is 0 Å². The molecule has 156 valence electrons. The largest absolute Gasteiger partial charge is 0.349 e. The van der Waals surface area contributed by atoms with Gasteiger partial charge < -0.3 is 10.2 Å². The molecule has 1 spiro atoms. The maximum Gasteiger partial charge on any atom is 0.277 e. The van der Waals surface area contributed by atoms with Crippen molar-refractivity contribution in [3.05, 3.63) is 48.6 Å². The van der Waals surface area contributed by atoms with E-state index in [0.29, 0.717) is 35.6 Å². The average molecular weight is 422 g/mol. The lowest BCUT2D eigenvalue weighted by molar-refractivity contribution is -0.116. The average Bonchev–Trinajstić information content (AvgIpc) is 3.46.